The van der Waals surface area contributed by atoms with E-state index in [0.717, 1.165) is 41.9 Å². The molecule has 8 aliphatic rings. The Morgan fingerprint density at radius 1 is 0.548 bits per heavy atom. The minimum atomic E-state index is 0. The van der Waals surface area contributed by atoms with Crippen molar-refractivity contribution in [2.24, 2.45) is 35.5 Å². The molecule has 0 aromatic heterocycles. The van der Waals surface area contributed by atoms with Crippen LogP contribution in [0.1, 0.15) is 132 Å². The van der Waals surface area contributed by atoms with Gasteiger partial charge in [0.05, 0.1) is 0 Å². The molecule has 14 rings (SSSR count). The Morgan fingerprint density at radius 2 is 0.919 bits per heavy atom. The first-order valence-electron chi connectivity index (χ1n) is 23.2. The Hall–Kier alpha value is -2.22. The molecule has 8 bridgehead atoms. The normalized spacial score (nSPS) is 28.5. The van der Waals surface area contributed by atoms with Gasteiger partial charge in [0.25, 0.3) is 0 Å². The van der Waals surface area contributed by atoms with E-state index in [1.54, 1.807) is 11.1 Å². The third kappa shape index (κ3) is 9.01. The SMILES string of the molecule is CCC(C)c1cc2c(-c3ccc(C45CC6CC(CC(C6)C4)C5)cc3)cccc2[cH-]1.CCc1cc2c(-c3ccc(C45CC6CC(CC(C6)C4)C5)cc3)cccc2[cH-]1.Cl.Cl.[CH3-].[CH3-].[Si]=[Zr]. The molecule has 8 saturated carbocycles. The molecule has 2 radical (unpaired) electrons. The Bertz CT molecular complexity index is 2330. The number of halogens is 2. The average Bonchev–Trinajstić information content (AvgIpc) is 3.89. The molecule has 62 heavy (non-hydrogen) atoms. The van der Waals surface area contributed by atoms with Crippen LogP contribution in [0.5, 0.6) is 0 Å². The molecule has 8 fully saturated rings. The summed E-state index contributed by atoms with van der Waals surface area (Å²) in [6.07, 6.45) is 20.2. The minimum absolute atomic E-state index is 0. The molecule has 0 heterocycles. The third-order valence-electron chi connectivity index (χ3n) is 16.9. The van der Waals surface area contributed by atoms with Crippen LogP contribution in [0.15, 0.2) is 109 Å². The molecule has 6 aromatic carbocycles. The zero-order valence-electron chi connectivity index (χ0n) is 38.1. The molecule has 0 nitrogen and oxygen atoms in total. The molecule has 0 amide bonds. The maximum atomic E-state index is 3.06. The maximum absolute atomic E-state index is 3.06. The molecule has 0 N–H and O–H groups in total. The third-order valence-corrected chi connectivity index (χ3v) is 16.9. The summed E-state index contributed by atoms with van der Waals surface area (Å²) >= 11 is 1.36. The molecule has 0 aliphatic heterocycles. The Morgan fingerprint density at radius 3 is 1.29 bits per heavy atom. The first-order chi connectivity index (χ1) is 28.4. The van der Waals surface area contributed by atoms with Crippen molar-refractivity contribution >= 4 is 53.2 Å². The van der Waals surface area contributed by atoms with Crippen LogP contribution >= 0.6 is 24.8 Å². The number of benzene rings is 4. The van der Waals surface area contributed by atoms with Crippen LogP contribution in [0.4, 0.5) is 0 Å². The molecule has 8 aliphatic carbocycles. The van der Waals surface area contributed by atoms with Crippen molar-refractivity contribution in [3.8, 4) is 22.3 Å². The van der Waals surface area contributed by atoms with E-state index in [1.165, 1.54) is 162 Å². The summed E-state index contributed by atoms with van der Waals surface area (Å²) in [5, 5.41) is 5.61. The second-order valence-electron chi connectivity index (χ2n) is 20.5. The Balaban J connectivity index is 0.000000188. The monoisotopic (exact) mass is 954 g/mol. The van der Waals surface area contributed by atoms with Gasteiger partial charge in [-0.1, -0.05) is 99.0 Å². The molecule has 0 saturated heterocycles. The van der Waals surface area contributed by atoms with E-state index in [1.807, 2.05) is 0 Å². The fourth-order valence-electron chi connectivity index (χ4n) is 14.7. The molecule has 6 aromatic rings. The number of hydrogen-bond acceptors (Lipinski definition) is 0. The van der Waals surface area contributed by atoms with E-state index in [9.17, 15) is 0 Å². The topological polar surface area (TPSA) is 0 Å². The zero-order chi connectivity index (χ0) is 39.6. The second-order valence-corrected chi connectivity index (χ2v) is 20.5. The van der Waals surface area contributed by atoms with E-state index in [0.29, 0.717) is 16.7 Å². The van der Waals surface area contributed by atoms with E-state index in [-0.39, 0.29) is 39.7 Å². The number of aryl methyl sites for hydroxylation is 1. The standard InChI is InChI=1S/C29H33.C27H29.2CH3.2ClH.Si.Zr/c1-3-19(2)25-14-24-5-4-6-27(28(24)15-25)23-7-9-26(10-8-23)29-16-20-11-21(17-29)13-22(12-20)18-29;1-2-18-13-23-4-3-5-25(26(23)14-18)22-6-8-24(9-7-22)27-15-19-10-20(16-27)12-21(11-19)17-27;;;;;;/h4-10,14-15,19-22H,3,11-13,16-18H2,1-2H3;3-9,13-14,19-21H,2,10-12,15-17H2,1H3;2*1H3;2*1H;;/q4*-1;;;;. The van der Waals surface area contributed by atoms with Gasteiger partial charge in [-0.05, 0) is 158 Å². The summed E-state index contributed by atoms with van der Waals surface area (Å²) in [5.41, 5.74) is 12.8. The predicted molar refractivity (Wildman–Crippen MR) is 271 cm³/mol. The average molecular weight is 957 g/mol. The molecule has 4 heteroatoms. The fourth-order valence-corrected chi connectivity index (χ4v) is 14.7. The van der Waals surface area contributed by atoms with Crippen LogP contribution in [0.2, 0.25) is 0 Å². The van der Waals surface area contributed by atoms with Gasteiger partial charge >= 0.3 is 30.2 Å². The van der Waals surface area contributed by atoms with Crippen molar-refractivity contribution in [2.75, 3.05) is 0 Å². The van der Waals surface area contributed by atoms with Crippen molar-refractivity contribution in [1.29, 1.82) is 0 Å². The van der Waals surface area contributed by atoms with Crippen LogP contribution in [0.3, 0.4) is 0 Å². The van der Waals surface area contributed by atoms with E-state index < -0.39 is 0 Å². The second kappa shape index (κ2) is 20.1. The summed E-state index contributed by atoms with van der Waals surface area (Å²) in [5.74, 6) is 6.71. The van der Waals surface area contributed by atoms with Gasteiger partial charge in [-0.2, -0.15) is 12.1 Å². The first-order valence-corrected chi connectivity index (χ1v) is 27.4. The quantitative estimate of drug-likeness (QED) is 0.110. The van der Waals surface area contributed by atoms with Gasteiger partial charge in [0.15, 0.2) is 0 Å². The van der Waals surface area contributed by atoms with Crippen molar-refractivity contribution < 1.29 is 23.3 Å². The van der Waals surface area contributed by atoms with Crippen molar-refractivity contribution in [3.63, 3.8) is 0 Å². The number of rotatable bonds is 7. The predicted octanol–water partition coefficient (Wildman–Crippen LogP) is 16.8. The van der Waals surface area contributed by atoms with Crippen LogP contribution in [-0.4, -0.2) is 6.88 Å². The Labute approximate surface area is 405 Å². The van der Waals surface area contributed by atoms with Crippen molar-refractivity contribution in [3.05, 3.63) is 146 Å². The van der Waals surface area contributed by atoms with Gasteiger partial charge < -0.3 is 14.9 Å². The summed E-state index contributed by atoms with van der Waals surface area (Å²) < 4.78 is 0. The van der Waals surface area contributed by atoms with Gasteiger partial charge in [0.1, 0.15) is 0 Å². The number of fused-ring (bicyclic) bond motifs is 2. The van der Waals surface area contributed by atoms with E-state index in [4.69, 9.17) is 0 Å². The van der Waals surface area contributed by atoms with Crippen LogP contribution in [0, 0.1) is 50.4 Å². The summed E-state index contributed by atoms with van der Waals surface area (Å²) in [6, 6.07) is 42.7. The number of hydrogen-bond donors (Lipinski definition) is 0. The molecule has 1 atom stereocenters. The van der Waals surface area contributed by atoms with Crippen molar-refractivity contribution in [2.45, 2.75) is 127 Å². The van der Waals surface area contributed by atoms with E-state index >= 15 is 0 Å². The molecular formula is C58H70Cl2SiZr-4. The van der Waals surface area contributed by atoms with Crippen LogP contribution < -0.4 is 0 Å². The van der Waals surface area contributed by atoms with Crippen LogP contribution in [0.25, 0.3) is 43.8 Å². The first kappa shape index (κ1) is 49.2. The molecule has 328 valence electrons. The van der Waals surface area contributed by atoms with E-state index in [2.05, 4.69) is 137 Å². The molecule has 1 unspecified atom stereocenters. The van der Waals surface area contributed by atoms with Gasteiger partial charge in [-0.25, -0.2) is 0 Å². The van der Waals surface area contributed by atoms with Crippen molar-refractivity contribution in [1.82, 2.24) is 0 Å². The van der Waals surface area contributed by atoms with Gasteiger partial charge in [0.2, 0.25) is 0 Å². The Kier molecular flexibility index (Phi) is 16.0. The summed E-state index contributed by atoms with van der Waals surface area (Å²) in [4.78, 5) is 0. The molecular weight excluding hydrogens is 887 g/mol. The summed E-state index contributed by atoms with van der Waals surface area (Å²) in [7, 11) is 0. The van der Waals surface area contributed by atoms with Crippen LogP contribution in [-0.2, 0) is 40.6 Å². The summed E-state index contributed by atoms with van der Waals surface area (Å²) in [6.45, 7) is 9.93. The van der Waals surface area contributed by atoms with Gasteiger partial charge in [0, 0.05) is 0 Å². The van der Waals surface area contributed by atoms with Gasteiger partial charge in [-0.3, -0.25) is 0 Å². The fraction of sp³-hybridized carbons (Fsp3) is 0.448. The van der Waals surface area contributed by atoms with Gasteiger partial charge in [-0.15, -0.1) is 93.9 Å². The zero-order valence-corrected chi connectivity index (χ0v) is 43.2. The molecule has 0 spiro atoms.